The summed E-state index contributed by atoms with van der Waals surface area (Å²) in [6.45, 7) is 26.4. The average molecular weight is 661 g/mol. The molecule has 3 N–H and O–H groups in total. The first-order chi connectivity index (χ1) is 23.2. The predicted octanol–water partition coefficient (Wildman–Crippen LogP) is 10.3. The summed E-state index contributed by atoms with van der Waals surface area (Å²) in [6, 6.07) is 23.3. The maximum absolute atomic E-state index is 9.63. The molecule has 0 fully saturated rings. The number of hydrogen-bond acceptors (Lipinski definition) is 3. The van der Waals surface area contributed by atoms with E-state index in [-0.39, 0.29) is 17.7 Å². The van der Waals surface area contributed by atoms with Gasteiger partial charge in [-0.15, -0.1) is 0 Å². The van der Waals surface area contributed by atoms with E-state index in [1.165, 1.54) is 77.9 Å². The topological polar surface area (TPSA) is 44.3 Å². The van der Waals surface area contributed by atoms with Crippen LogP contribution >= 0.6 is 0 Å². The molecule has 0 atom stereocenters. The number of hydrogen-bond donors (Lipinski definition) is 3. The molecule has 0 aliphatic heterocycles. The summed E-state index contributed by atoms with van der Waals surface area (Å²) in [7, 11) is 0. The Bertz CT molecular complexity index is 1730. The molecule has 0 heterocycles. The molecule has 0 radical (unpaired) electrons. The van der Waals surface area contributed by atoms with Crippen LogP contribution in [0, 0.1) is 41.5 Å². The van der Waals surface area contributed by atoms with Gasteiger partial charge in [-0.1, -0.05) is 74.5 Å². The van der Waals surface area contributed by atoms with Crippen LogP contribution in [0.2, 0.25) is 0 Å². The highest BCUT2D eigenvalue weighted by molar-refractivity contribution is 5.72. The van der Waals surface area contributed by atoms with Gasteiger partial charge in [-0.3, -0.25) is 0 Å². The fourth-order valence-corrected chi connectivity index (χ4v) is 7.02. The maximum Gasteiger partial charge on any atom is 0.0607 e. The zero-order valence-corrected chi connectivity index (χ0v) is 32.6. The van der Waals surface area contributed by atoms with Gasteiger partial charge in [0.05, 0.1) is 6.61 Å². The third kappa shape index (κ3) is 9.72. The lowest BCUT2D eigenvalue weighted by Gasteiger charge is -2.29. The SMILES string of the molecule is CCC(C)(CC)NCc1cc(C)c(CCc2cccc(-c3cccc(CCc4cc(C)c(CNC(C)(C)CO)cc4C)c3C)c2C)cc1C. The second-order valence-electron chi connectivity index (χ2n) is 15.6. The molecule has 3 heteroatoms. The number of rotatable bonds is 16. The van der Waals surface area contributed by atoms with E-state index in [1.807, 2.05) is 13.8 Å². The fourth-order valence-electron chi connectivity index (χ4n) is 7.02. The van der Waals surface area contributed by atoms with Crippen LogP contribution < -0.4 is 10.6 Å². The monoisotopic (exact) mass is 661 g/mol. The van der Waals surface area contributed by atoms with Crippen molar-refractivity contribution >= 4 is 0 Å². The van der Waals surface area contributed by atoms with Crippen LogP contribution in [0.5, 0.6) is 0 Å². The Balaban J connectivity index is 1.47. The lowest BCUT2D eigenvalue weighted by molar-refractivity contribution is 0.187. The summed E-state index contributed by atoms with van der Waals surface area (Å²) in [5, 5.41) is 16.9. The summed E-state index contributed by atoms with van der Waals surface area (Å²) < 4.78 is 0. The van der Waals surface area contributed by atoms with Gasteiger partial charge >= 0.3 is 0 Å². The van der Waals surface area contributed by atoms with Crippen LogP contribution in [0.1, 0.15) is 114 Å². The van der Waals surface area contributed by atoms with Gasteiger partial charge in [0.25, 0.3) is 0 Å². The Hall–Kier alpha value is -3.24. The molecule has 0 aromatic heterocycles. The van der Waals surface area contributed by atoms with Gasteiger partial charge in [0, 0.05) is 24.2 Å². The molecule has 0 spiro atoms. The summed E-state index contributed by atoms with van der Waals surface area (Å²) in [4.78, 5) is 0. The van der Waals surface area contributed by atoms with Crippen LogP contribution in [0.4, 0.5) is 0 Å². The first-order valence-electron chi connectivity index (χ1n) is 18.7. The largest absolute Gasteiger partial charge is 0.394 e. The third-order valence-electron chi connectivity index (χ3n) is 11.5. The second-order valence-corrected chi connectivity index (χ2v) is 15.6. The van der Waals surface area contributed by atoms with Crippen LogP contribution in [0.3, 0.4) is 0 Å². The molecule has 0 amide bonds. The highest BCUT2D eigenvalue weighted by atomic mass is 16.3. The Morgan fingerprint density at radius 1 is 0.510 bits per heavy atom. The molecular weight excluding hydrogens is 597 g/mol. The van der Waals surface area contributed by atoms with Crippen molar-refractivity contribution in [2.45, 2.75) is 139 Å². The minimum atomic E-state index is -0.285. The predicted molar refractivity (Wildman–Crippen MR) is 212 cm³/mol. The second kappa shape index (κ2) is 16.6. The van der Waals surface area contributed by atoms with Crippen molar-refractivity contribution in [2.75, 3.05) is 6.61 Å². The van der Waals surface area contributed by atoms with Gasteiger partial charge in [0.1, 0.15) is 0 Å². The minimum absolute atomic E-state index is 0.121. The molecule has 4 rings (SSSR count). The van der Waals surface area contributed by atoms with Crippen molar-refractivity contribution in [2.24, 2.45) is 0 Å². The quantitative estimate of drug-likeness (QED) is 0.112. The highest BCUT2D eigenvalue weighted by Gasteiger charge is 2.19. The van der Waals surface area contributed by atoms with E-state index in [9.17, 15) is 5.11 Å². The Kier molecular flexibility index (Phi) is 13.1. The molecule has 0 unspecified atom stereocenters. The zero-order chi connectivity index (χ0) is 35.9. The molecule has 0 saturated heterocycles. The molecule has 49 heavy (non-hydrogen) atoms. The molecule has 4 aromatic rings. The van der Waals surface area contributed by atoms with E-state index in [1.54, 1.807) is 0 Å². The van der Waals surface area contributed by atoms with Gasteiger partial charge in [-0.2, -0.15) is 0 Å². The molecule has 0 aliphatic rings. The summed E-state index contributed by atoms with van der Waals surface area (Å²) in [5.41, 5.74) is 19.3. The fraction of sp³-hybridized carbons (Fsp3) is 0.478. The molecule has 0 bridgehead atoms. The lowest BCUT2D eigenvalue weighted by atomic mass is 9.87. The Morgan fingerprint density at radius 3 is 1.29 bits per heavy atom. The van der Waals surface area contributed by atoms with Crippen LogP contribution in [-0.2, 0) is 38.8 Å². The van der Waals surface area contributed by atoms with Crippen molar-refractivity contribution in [3.63, 3.8) is 0 Å². The van der Waals surface area contributed by atoms with E-state index in [0.717, 1.165) is 51.6 Å². The van der Waals surface area contributed by atoms with Gasteiger partial charge in [0.15, 0.2) is 0 Å². The standard InChI is InChI=1S/C46H64N2O/c1-12-46(11,13-2)48-29-42-27-32(4)40(25-34(42)6)23-21-38-17-15-19-44(36(38)8)43-18-14-16-37(35(43)7)20-22-39-24-33(5)41(26-31(39)3)28-47-45(9,10)30-49/h14-19,24-27,47-49H,12-13,20-23,28-30H2,1-11H3. The smallest absolute Gasteiger partial charge is 0.0607 e. The first-order valence-corrected chi connectivity index (χ1v) is 18.7. The molecular formula is C46H64N2O. The third-order valence-corrected chi connectivity index (χ3v) is 11.5. The number of aliphatic hydroxyl groups excluding tert-OH is 1. The normalized spacial score (nSPS) is 12.2. The molecule has 4 aromatic carbocycles. The van der Waals surface area contributed by atoms with Crippen molar-refractivity contribution < 1.29 is 5.11 Å². The van der Waals surface area contributed by atoms with E-state index in [0.29, 0.717) is 0 Å². The van der Waals surface area contributed by atoms with Crippen LogP contribution in [0.15, 0.2) is 60.7 Å². The van der Waals surface area contributed by atoms with Crippen LogP contribution in [0.25, 0.3) is 11.1 Å². The summed E-state index contributed by atoms with van der Waals surface area (Å²) in [5.74, 6) is 0. The van der Waals surface area contributed by atoms with E-state index >= 15 is 0 Å². The van der Waals surface area contributed by atoms with E-state index < -0.39 is 0 Å². The number of benzene rings is 4. The molecule has 3 nitrogen and oxygen atoms in total. The highest BCUT2D eigenvalue weighted by Crippen LogP contribution is 2.32. The van der Waals surface area contributed by atoms with E-state index in [4.69, 9.17) is 0 Å². The zero-order valence-electron chi connectivity index (χ0n) is 32.6. The lowest BCUT2D eigenvalue weighted by Crippen LogP contribution is -2.42. The van der Waals surface area contributed by atoms with Gasteiger partial charge < -0.3 is 15.7 Å². The molecule has 0 saturated carbocycles. The average Bonchev–Trinajstić information content (AvgIpc) is 3.08. The van der Waals surface area contributed by atoms with E-state index in [2.05, 4.69) is 134 Å². The van der Waals surface area contributed by atoms with Crippen LogP contribution in [-0.4, -0.2) is 22.8 Å². The Morgan fingerprint density at radius 2 is 0.878 bits per heavy atom. The number of nitrogens with one attached hydrogen (secondary N) is 2. The van der Waals surface area contributed by atoms with Crippen molar-refractivity contribution in [3.8, 4) is 11.1 Å². The Labute approximate surface area is 299 Å². The number of aliphatic hydroxyl groups is 1. The van der Waals surface area contributed by atoms with Gasteiger partial charge in [-0.05, 0) is 179 Å². The maximum atomic E-state index is 9.63. The van der Waals surface area contributed by atoms with Crippen molar-refractivity contribution in [3.05, 3.63) is 127 Å². The minimum Gasteiger partial charge on any atom is -0.394 e. The molecule has 264 valence electrons. The summed E-state index contributed by atoms with van der Waals surface area (Å²) in [6.07, 6.45) is 6.42. The summed E-state index contributed by atoms with van der Waals surface area (Å²) >= 11 is 0. The number of aryl methyl sites for hydroxylation is 8. The van der Waals surface area contributed by atoms with Gasteiger partial charge in [0.2, 0.25) is 0 Å². The molecule has 0 aliphatic carbocycles. The first kappa shape index (κ1) is 38.6. The van der Waals surface area contributed by atoms with Crippen molar-refractivity contribution in [1.29, 1.82) is 0 Å². The van der Waals surface area contributed by atoms with Gasteiger partial charge in [-0.25, -0.2) is 0 Å². The van der Waals surface area contributed by atoms with Crippen molar-refractivity contribution in [1.82, 2.24) is 10.6 Å².